The maximum atomic E-state index is 9.75. The van der Waals surface area contributed by atoms with E-state index in [-0.39, 0.29) is 6.61 Å². The molecule has 0 bridgehead atoms. The Hall–Kier alpha value is -2.18. The predicted octanol–water partition coefficient (Wildman–Crippen LogP) is 3.82. The third-order valence-electron chi connectivity index (χ3n) is 3.22. The van der Waals surface area contributed by atoms with Crippen molar-refractivity contribution in [2.24, 2.45) is 0 Å². The van der Waals surface area contributed by atoms with Gasteiger partial charge in [0.25, 0.3) is 5.89 Å². The molecule has 3 aromatic rings. The molecular formula is C16H16N2O3S. The van der Waals surface area contributed by atoms with E-state index in [2.05, 4.69) is 10.1 Å². The van der Waals surface area contributed by atoms with Gasteiger partial charge in [-0.15, -0.1) is 11.3 Å². The van der Waals surface area contributed by atoms with Crippen LogP contribution in [0.25, 0.3) is 10.8 Å². The zero-order valence-electron chi connectivity index (χ0n) is 12.1. The fraction of sp³-hybridized carbons (Fsp3) is 0.250. The first-order valence-corrected chi connectivity index (χ1v) is 7.91. The summed E-state index contributed by atoms with van der Waals surface area (Å²) in [5, 5.41) is 15.6. The average molecular weight is 316 g/mol. The lowest BCUT2D eigenvalue weighted by atomic mass is 10.1. The van der Waals surface area contributed by atoms with E-state index in [0.717, 1.165) is 10.4 Å². The van der Waals surface area contributed by atoms with Gasteiger partial charge in [-0.1, -0.05) is 30.3 Å². The monoisotopic (exact) mass is 316 g/mol. The molecule has 1 unspecified atom stereocenters. The van der Waals surface area contributed by atoms with Crippen LogP contribution < -0.4 is 4.74 Å². The highest BCUT2D eigenvalue weighted by Crippen LogP contribution is 2.23. The molecule has 0 spiro atoms. The van der Waals surface area contributed by atoms with Crippen LogP contribution in [0.5, 0.6) is 5.75 Å². The number of nitrogens with zero attached hydrogens (tertiary/aromatic N) is 2. The molecule has 1 aromatic carbocycles. The number of aliphatic hydroxyl groups excluding tert-OH is 1. The Balaban J connectivity index is 1.61. The van der Waals surface area contributed by atoms with Gasteiger partial charge in [-0.25, -0.2) is 0 Å². The molecule has 114 valence electrons. The molecule has 0 saturated heterocycles. The molecule has 0 aliphatic rings. The SMILES string of the molecule is CCC(O)c1ccc(OCc2noc(-c3cccs3)n2)cc1. The highest BCUT2D eigenvalue weighted by atomic mass is 32.1. The number of aromatic nitrogens is 2. The summed E-state index contributed by atoms with van der Waals surface area (Å²) in [5.74, 6) is 1.71. The standard InChI is InChI=1S/C16H16N2O3S/c1-2-13(19)11-5-7-12(8-6-11)20-10-15-17-16(21-18-15)14-4-3-9-22-14/h3-9,13,19H,2,10H2,1H3. The van der Waals surface area contributed by atoms with Gasteiger partial charge in [0, 0.05) is 0 Å². The van der Waals surface area contributed by atoms with E-state index in [1.54, 1.807) is 11.3 Å². The van der Waals surface area contributed by atoms with Gasteiger partial charge >= 0.3 is 0 Å². The van der Waals surface area contributed by atoms with E-state index in [4.69, 9.17) is 9.26 Å². The van der Waals surface area contributed by atoms with E-state index in [1.165, 1.54) is 0 Å². The van der Waals surface area contributed by atoms with Gasteiger partial charge in [0.15, 0.2) is 6.61 Å². The van der Waals surface area contributed by atoms with Crippen molar-refractivity contribution in [1.82, 2.24) is 10.1 Å². The first-order valence-electron chi connectivity index (χ1n) is 7.03. The minimum atomic E-state index is -0.431. The van der Waals surface area contributed by atoms with Crippen molar-refractivity contribution in [3.63, 3.8) is 0 Å². The summed E-state index contributed by atoms with van der Waals surface area (Å²) in [7, 11) is 0. The van der Waals surface area contributed by atoms with Crippen molar-refractivity contribution in [1.29, 1.82) is 0 Å². The summed E-state index contributed by atoms with van der Waals surface area (Å²) >= 11 is 1.55. The molecule has 5 nitrogen and oxygen atoms in total. The molecule has 2 heterocycles. The van der Waals surface area contributed by atoms with Gasteiger partial charge < -0.3 is 14.4 Å². The number of hydrogen-bond donors (Lipinski definition) is 1. The molecule has 0 saturated carbocycles. The molecule has 0 radical (unpaired) electrons. The lowest BCUT2D eigenvalue weighted by molar-refractivity contribution is 0.173. The predicted molar refractivity (Wildman–Crippen MR) is 83.6 cm³/mol. The Morgan fingerprint density at radius 2 is 2.09 bits per heavy atom. The molecule has 0 fully saturated rings. The third-order valence-corrected chi connectivity index (χ3v) is 4.08. The molecule has 0 aliphatic heterocycles. The van der Waals surface area contributed by atoms with Crippen molar-refractivity contribution >= 4 is 11.3 Å². The van der Waals surface area contributed by atoms with E-state index < -0.39 is 6.10 Å². The van der Waals surface area contributed by atoms with Gasteiger partial charge in [0.05, 0.1) is 11.0 Å². The van der Waals surface area contributed by atoms with Crippen molar-refractivity contribution in [3.8, 4) is 16.5 Å². The Bertz CT molecular complexity index is 707. The number of thiophene rings is 1. The fourth-order valence-electron chi connectivity index (χ4n) is 1.98. The summed E-state index contributed by atoms with van der Waals surface area (Å²) in [5.41, 5.74) is 0.884. The van der Waals surface area contributed by atoms with Crippen molar-refractivity contribution in [2.45, 2.75) is 26.1 Å². The molecule has 0 amide bonds. The van der Waals surface area contributed by atoms with Crippen LogP contribution in [0.4, 0.5) is 0 Å². The third kappa shape index (κ3) is 3.35. The van der Waals surface area contributed by atoms with Gasteiger partial charge in [-0.05, 0) is 35.6 Å². The maximum absolute atomic E-state index is 9.75. The molecule has 2 aromatic heterocycles. The number of aliphatic hydroxyl groups is 1. The van der Waals surface area contributed by atoms with Crippen molar-refractivity contribution < 1.29 is 14.4 Å². The van der Waals surface area contributed by atoms with Crippen LogP contribution in [-0.4, -0.2) is 15.2 Å². The fourth-order valence-corrected chi connectivity index (χ4v) is 2.63. The second-order valence-corrected chi connectivity index (χ2v) is 5.72. The number of benzene rings is 1. The highest BCUT2D eigenvalue weighted by Gasteiger charge is 2.10. The molecule has 1 atom stereocenters. The number of rotatable bonds is 6. The van der Waals surface area contributed by atoms with Crippen LogP contribution in [0.1, 0.15) is 30.8 Å². The minimum absolute atomic E-state index is 0.241. The first kappa shape index (κ1) is 14.7. The minimum Gasteiger partial charge on any atom is -0.485 e. The molecule has 6 heteroatoms. The summed E-state index contributed by atoms with van der Waals surface area (Å²) in [4.78, 5) is 5.24. The Labute approximate surface area is 132 Å². The van der Waals surface area contributed by atoms with Crippen LogP contribution in [0.3, 0.4) is 0 Å². The normalized spacial score (nSPS) is 12.3. The van der Waals surface area contributed by atoms with Crippen LogP contribution >= 0.6 is 11.3 Å². The maximum Gasteiger partial charge on any atom is 0.268 e. The van der Waals surface area contributed by atoms with Crippen LogP contribution in [0.15, 0.2) is 46.3 Å². The Morgan fingerprint density at radius 3 is 2.77 bits per heavy atom. The summed E-state index contributed by atoms with van der Waals surface area (Å²) in [6, 6.07) is 11.2. The second-order valence-electron chi connectivity index (χ2n) is 4.77. The number of hydrogen-bond acceptors (Lipinski definition) is 6. The average Bonchev–Trinajstić information content (AvgIpc) is 3.23. The topological polar surface area (TPSA) is 68.4 Å². The first-order chi connectivity index (χ1) is 10.8. The molecule has 22 heavy (non-hydrogen) atoms. The zero-order chi connectivity index (χ0) is 15.4. The molecule has 1 N–H and O–H groups in total. The lowest BCUT2D eigenvalue weighted by Gasteiger charge is -2.09. The van der Waals surface area contributed by atoms with Crippen LogP contribution in [0.2, 0.25) is 0 Å². The highest BCUT2D eigenvalue weighted by molar-refractivity contribution is 7.13. The molecule has 0 aliphatic carbocycles. The lowest BCUT2D eigenvalue weighted by Crippen LogP contribution is -1.99. The smallest absolute Gasteiger partial charge is 0.268 e. The van der Waals surface area contributed by atoms with Crippen molar-refractivity contribution in [3.05, 3.63) is 53.2 Å². The second kappa shape index (κ2) is 6.72. The van der Waals surface area contributed by atoms with Crippen LogP contribution in [-0.2, 0) is 6.61 Å². The Kier molecular flexibility index (Phi) is 4.50. The van der Waals surface area contributed by atoms with Gasteiger partial charge in [0.1, 0.15) is 5.75 Å². The summed E-state index contributed by atoms with van der Waals surface area (Å²) in [6.07, 6.45) is 0.258. The van der Waals surface area contributed by atoms with E-state index >= 15 is 0 Å². The van der Waals surface area contributed by atoms with Gasteiger partial charge in [-0.2, -0.15) is 4.98 Å². The summed E-state index contributed by atoms with van der Waals surface area (Å²) in [6.45, 7) is 2.18. The van der Waals surface area contributed by atoms with Gasteiger partial charge in [-0.3, -0.25) is 0 Å². The number of ether oxygens (including phenoxy) is 1. The van der Waals surface area contributed by atoms with Gasteiger partial charge in [0.2, 0.25) is 5.82 Å². The quantitative estimate of drug-likeness (QED) is 0.748. The van der Waals surface area contributed by atoms with Crippen molar-refractivity contribution in [2.75, 3.05) is 0 Å². The van der Waals surface area contributed by atoms with E-state index in [1.807, 2.05) is 48.7 Å². The zero-order valence-corrected chi connectivity index (χ0v) is 12.9. The Morgan fingerprint density at radius 1 is 1.27 bits per heavy atom. The molecular weight excluding hydrogens is 300 g/mol. The molecule has 3 rings (SSSR count). The summed E-state index contributed by atoms with van der Waals surface area (Å²) < 4.78 is 10.8. The van der Waals surface area contributed by atoms with E-state index in [0.29, 0.717) is 23.9 Å². The van der Waals surface area contributed by atoms with Crippen LogP contribution in [0, 0.1) is 0 Å². The largest absolute Gasteiger partial charge is 0.485 e. The van der Waals surface area contributed by atoms with E-state index in [9.17, 15) is 5.11 Å².